The maximum absolute atomic E-state index is 12.0. The number of carbonyl (C=O) groups is 1. The predicted octanol–water partition coefficient (Wildman–Crippen LogP) is 3.71. The van der Waals surface area contributed by atoms with Crippen LogP contribution in [0.2, 0.25) is 0 Å². The number of aromatic nitrogens is 2. The number of hydrogen-bond donors (Lipinski definition) is 0. The molecule has 1 unspecified atom stereocenters. The minimum atomic E-state index is -0.308. The maximum atomic E-state index is 12.0. The van der Waals surface area contributed by atoms with E-state index in [2.05, 4.69) is 23.2 Å². The summed E-state index contributed by atoms with van der Waals surface area (Å²) in [6.45, 7) is 3.79. The van der Waals surface area contributed by atoms with Gasteiger partial charge in [-0.3, -0.25) is 4.57 Å². The summed E-state index contributed by atoms with van der Waals surface area (Å²) in [5.41, 5.74) is 4.68. The van der Waals surface area contributed by atoms with Crippen LogP contribution < -0.4 is 0 Å². The molecule has 3 aromatic rings. The summed E-state index contributed by atoms with van der Waals surface area (Å²) in [6, 6.07) is 13.8. The molecule has 4 rings (SSSR count). The first-order valence-electron chi connectivity index (χ1n) is 8.58. The zero-order valence-electron chi connectivity index (χ0n) is 14.1. The Bertz CT molecular complexity index is 910. The van der Waals surface area contributed by atoms with Gasteiger partial charge in [0.15, 0.2) is 0 Å². The molecule has 0 spiro atoms. The van der Waals surface area contributed by atoms with Crippen LogP contribution in [0.1, 0.15) is 35.2 Å². The number of nitrogens with zero attached hydrogens (tertiary/aromatic N) is 2. The minimum absolute atomic E-state index is 0.308. The molecule has 5 nitrogen and oxygen atoms in total. The van der Waals surface area contributed by atoms with Gasteiger partial charge in [-0.2, -0.15) is 0 Å². The van der Waals surface area contributed by atoms with Crippen molar-refractivity contribution in [1.82, 2.24) is 9.55 Å². The van der Waals surface area contributed by atoms with E-state index in [-0.39, 0.29) is 5.97 Å². The molecule has 0 amide bonds. The molecule has 2 heterocycles. The average Bonchev–Trinajstić information content (AvgIpc) is 3.31. The summed E-state index contributed by atoms with van der Waals surface area (Å²) < 4.78 is 12.6. The van der Waals surface area contributed by atoms with E-state index in [0.29, 0.717) is 18.1 Å². The van der Waals surface area contributed by atoms with Crippen LogP contribution in [0.15, 0.2) is 48.8 Å². The van der Waals surface area contributed by atoms with Gasteiger partial charge in [-0.1, -0.05) is 12.1 Å². The highest BCUT2D eigenvalue weighted by Crippen LogP contribution is 2.28. The highest BCUT2D eigenvalue weighted by atomic mass is 16.5. The number of ether oxygens (including phenoxy) is 2. The largest absolute Gasteiger partial charge is 0.462 e. The van der Waals surface area contributed by atoms with Crippen molar-refractivity contribution >= 4 is 17.0 Å². The third-order valence-electron chi connectivity index (χ3n) is 4.61. The molecule has 0 N–H and O–H groups in total. The van der Waals surface area contributed by atoms with Gasteiger partial charge < -0.3 is 9.47 Å². The van der Waals surface area contributed by atoms with Gasteiger partial charge in [0.1, 0.15) is 6.33 Å². The van der Waals surface area contributed by atoms with Gasteiger partial charge in [-0.05, 0) is 49.2 Å². The van der Waals surface area contributed by atoms with Gasteiger partial charge in [0, 0.05) is 18.2 Å². The first kappa shape index (κ1) is 15.8. The third kappa shape index (κ3) is 3.03. The number of rotatable bonds is 4. The van der Waals surface area contributed by atoms with Crippen molar-refractivity contribution in [3.05, 3.63) is 59.9 Å². The van der Waals surface area contributed by atoms with Gasteiger partial charge in [-0.15, -0.1) is 0 Å². The zero-order valence-corrected chi connectivity index (χ0v) is 14.1. The number of carbonyl (C=O) groups excluding carboxylic acids is 1. The second kappa shape index (κ2) is 6.69. The Balaban J connectivity index is 1.70. The molecule has 5 heteroatoms. The van der Waals surface area contributed by atoms with Crippen molar-refractivity contribution in [3.63, 3.8) is 0 Å². The number of hydrogen-bond acceptors (Lipinski definition) is 4. The van der Waals surface area contributed by atoms with E-state index < -0.39 is 0 Å². The smallest absolute Gasteiger partial charge is 0.338 e. The van der Waals surface area contributed by atoms with Crippen LogP contribution >= 0.6 is 0 Å². The molecule has 1 aromatic heterocycles. The van der Waals surface area contributed by atoms with Crippen molar-refractivity contribution in [2.24, 2.45) is 0 Å². The Labute approximate surface area is 146 Å². The van der Waals surface area contributed by atoms with E-state index in [1.807, 2.05) is 22.8 Å². The summed E-state index contributed by atoms with van der Waals surface area (Å²) in [4.78, 5) is 16.5. The summed E-state index contributed by atoms with van der Waals surface area (Å²) in [7, 11) is 0. The normalized spacial score (nSPS) is 17.1. The first-order valence-corrected chi connectivity index (χ1v) is 8.58. The molecular weight excluding hydrogens is 316 g/mol. The number of benzene rings is 2. The zero-order chi connectivity index (χ0) is 17.2. The van der Waals surface area contributed by atoms with Crippen LogP contribution in [0.5, 0.6) is 0 Å². The monoisotopic (exact) mass is 336 g/mol. The summed E-state index contributed by atoms with van der Waals surface area (Å²) >= 11 is 0. The second-order valence-corrected chi connectivity index (χ2v) is 6.19. The van der Waals surface area contributed by atoms with E-state index >= 15 is 0 Å². The summed E-state index contributed by atoms with van der Waals surface area (Å²) in [6.07, 6.45) is 2.86. The predicted molar refractivity (Wildman–Crippen MR) is 95.2 cm³/mol. The quantitative estimate of drug-likeness (QED) is 0.682. The Morgan fingerprint density at radius 1 is 1.32 bits per heavy atom. The standard InChI is InChI=1S/C20H20N2O3/c1-2-25-20(23)15-4-3-5-17(10-15)22-13-21-18-11-14(6-7-19(18)22)16-8-9-24-12-16/h3-7,10-11,13,16H,2,8-9,12H2,1H3. The van der Waals surface area contributed by atoms with Gasteiger partial charge >= 0.3 is 5.97 Å². The minimum Gasteiger partial charge on any atom is -0.462 e. The molecule has 128 valence electrons. The van der Waals surface area contributed by atoms with E-state index in [0.717, 1.165) is 36.4 Å². The van der Waals surface area contributed by atoms with E-state index in [1.165, 1.54) is 5.56 Å². The Morgan fingerprint density at radius 3 is 3.04 bits per heavy atom. The maximum Gasteiger partial charge on any atom is 0.338 e. The van der Waals surface area contributed by atoms with E-state index in [4.69, 9.17) is 9.47 Å². The number of esters is 1. The lowest BCUT2D eigenvalue weighted by Gasteiger charge is -2.09. The Morgan fingerprint density at radius 2 is 2.24 bits per heavy atom. The fraction of sp³-hybridized carbons (Fsp3) is 0.300. The van der Waals surface area contributed by atoms with Crippen molar-refractivity contribution in [1.29, 1.82) is 0 Å². The van der Waals surface area contributed by atoms with Gasteiger partial charge in [0.25, 0.3) is 0 Å². The van der Waals surface area contributed by atoms with Crippen LogP contribution in [0, 0.1) is 0 Å². The third-order valence-corrected chi connectivity index (χ3v) is 4.61. The molecule has 1 aliphatic rings. The Kier molecular flexibility index (Phi) is 4.24. The highest BCUT2D eigenvalue weighted by Gasteiger charge is 2.18. The van der Waals surface area contributed by atoms with Gasteiger partial charge in [0.2, 0.25) is 0 Å². The second-order valence-electron chi connectivity index (χ2n) is 6.19. The SMILES string of the molecule is CCOC(=O)c1cccc(-n2cnc3cc(C4CCOC4)ccc32)c1. The fourth-order valence-corrected chi connectivity index (χ4v) is 3.28. The lowest BCUT2D eigenvalue weighted by atomic mass is 9.98. The van der Waals surface area contributed by atoms with Crippen LogP contribution in [0.25, 0.3) is 16.7 Å². The molecule has 0 saturated carbocycles. The van der Waals surface area contributed by atoms with Gasteiger partial charge in [0.05, 0.1) is 29.8 Å². The first-order chi connectivity index (χ1) is 12.3. The molecule has 1 aliphatic heterocycles. The molecule has 1 saturated heterocycles. The Hall–Kier alpha value is -2.66. The van der Waals surface area contributed by atoms with Crippen molar-refractivity contribution in [2.75, 3.05) is 19.8 Å². The molecule has 0 aliphatic carbocycles. The van der Waals surface area contributed by atoms with E-state index in [9.17, 15) is 4.79 Å². The molecule has 1 fully saturated rings. The van der Waals surface area contributed by atoms with Crippen molar-refractivity contribution in [3.8, 4) is 5.69 Å². The van der Waals surface area contributed by atoms with Crippen LogP contribution in [-0.2, 0) is 9.47 Å². The van der Waals surface area contributed by atoms with E-state index in [1.54, 1.807) is 19.3 Å². The lowest BCUT2D eigenvalue weighted by Crippen LogP contribution is -2.05. The molecule has 1 atom stereocenters. The topological polar surface area (TPSA) is 53.4 Å². The molecule has 0 radical (unpaired) electrons. The van der Waals surface area contributed by atoms with Gasteiger partial charge in [-0.25, -0.2) is 9.78 Å². The summed E-state index contributed by atoms with van der Waals surface area (Å²) in [5.74, 6) is 0.152. The van der Waals surface area contributed by atoms with Crippen LogP contribution in [-0.4, -0.2) is 35.3 Å². The molecule has 25 heavy (non-hydrogen) atoms. The fourth-order valence-electron chi connectivity index (χ4n) is 3.28. The number of imidazole rings is 1. The molecular formula is C20H20N2O3. The number of fused-ring (bicyclic) bond motifs is 1. The van der Waals surface area contributed by atoms with Crippen LogP contribution in [0.4, 0.5) is 0 Å². The molecule has 0 bridgehead atoms. The van der Waals surface area contributed by atoms with Crippen LogP contribution in [0.3, 0.4) is 0 Å². The molecule has 2 aromatic carbocycles. The highest BCUT2D eigenvalue weighted by molar-refractivity contribution is 5.90. The van der Waals surface area contributed by atoms with Crippen molar-refractivity contribution in [2.45, 2.75) is 19.3 Å². The lowest BCUT2D eigenvalue weighted by molar-refractivity contribution is 0.0526. The van der Waals surface area contributed by atoms with Crippen molar-refractivity contribution < 1.29 is 14.3 Å². The summed E-state index contributed by atoms with van der Waals surface area (Å²) in [5, 5.41) is 0. The average molecular weight is 336 g/mol.